The topological polar surface area (TPSA) is 154 Å². The van der Waals surface area contributed by atoms with Crippen LogP contribution in [0.25, 0.3) is 44.5 Å². The molecule has 0 radical (unpaired) electrons. The van der Waals surface area contributed by atoms with Gasteiger partial charge in [0.25, 0.3) is 0 Å². The molecule has 272 valence electrons. The van der Waals surface area contributed by atoms with Crippen molar-refractivity contribution < 1.29 is 14.9 Å². The lowest BCUT2D eigenvalue weighted by Crippen LogP contribution is -1.87. The Morgan fingerprint density at radius 1 is 0.200 bits per heavy atom. The summed E-state index contributed by atoms with van der Waals surface area (Å²) in [6, 6.07) is 63.5. The lowest BCUT2D eigenvalue weighted by atomic mass is 10.1. The van der Waals surface area contributed by atoms with Gasteiger partial charge in [-0.15, -0.1) is 0 Å². The molecule has 0 aliphatic carbocycles. The average Bonchev–Trinajstić information content (AvgIpc) is 3.21. The molecule has 8 aromatic carbocycles. The maximum Gasteiger partial charge on any atom is 0.127 e. The van der Waals surface area contributed by atoms with Crippen molar-refractivity contribution in [2.75, 3.05) is 22.9 Å². The summed E-state index contributed by atoms with van der Waals surface area (Å²) in [5.41, 5.74) is 35.1. The molecule has 0 unspecified atom stereocenters. The van der Waals surface area contributed by atoms with E-state index >= 15 is 0 Å². The van der Waals surface area contributed by atoms with Crippen LogP contribution in [0.5, 0.6) is 23.0 Å². The summed E-state index contributed by atoms with van der Waals surface area (Å²) in [5.74, 6) is 3.20. The molecule has 7 nitrogen and oxygen atoms in total. The van der Waals surface area contributed by atoms with Gasteiger partial charge >= 0.3 is 0 Å². The van der Waals surface area contributed by atoms with Crippen LogP contribution in [-0.2, 0) is 0 Å². The number of nitrogens with two attached hydrogens (primary N) is 4. The molecule has 7 heteroatoms. The van der Waals surface area contributed by atoms with Gasteiger partial charge in [0.05, 0.1) is 0 Å². The van der Waals surface area contributed by atoms with E-state index in [-0.39, 0.29) is 5.48 Å². The van der Waals surface area contributed by atoms with E-state index in [4.69, 9.17) is 32.4 Å². The Labute approximate surface area is 321 Å². The van der Waals surface area contributed by atoms with Crippen LogP contribution in [-0.4, -0.2) is 5.48 Å². The van der Waals surface area contributed by atoms with Crippen LogP contribution < -0.4 is 32.4 Å². The van der Waals surface area contributed by atoms with E-state index in [1.807, 2.05) is 194 Å². The predicted molar refractivity (Wildman–Crippen MR) is 229 cm³/mol. The van der Waals surface area contributed by atoms with Crippen molar-refractivity contribution in [3.8, 4) is 67.5 Å². The zero-order valence-electron chi connectivity index (χ0n) is 30.1. The van der Waals surface area contributed by atoms with Crippen molar-refractivity contribution in [2.24, 2.45) is 0 Å². The molecule has 0 heterocycles. The Bertz CT molecular complexity index is 2050. The van der Waals surface area contributed by atoms with Crippen LogP contribution in [0.3, 0.4) is 0 Å². The highest BCUT2D eigenvalue weighted by Gasteiger charge is 2.04. The van der Waals surface area contributed by atoms with Crippen LogP contribution in [0.15, 0.2) is 194 Å². The molecule has 10 N–H and O–H groups in total. The molecule has 0 atom stereocenters. The highest BCUT2D eigenvalue weighted by Crippen LogP contribution is 2.30. The van der Waals surface area contributed by atoms with E-state index < -0.39 is 0 Å². The second-order valence-electron chi connectivity index (χ2n) is 12.8. The average molecular weight is 723 g/mol. The molecule has 0 saturated heterocycles. The third kappa shape index (κ3) is 9.90. The molecule has 0 bridgehead atoms. The summed E-state index contributed by atoms with van der Waals surface area (Å²) >= 11 is 0. The van der Waals surface area contributed by atoms with Crippen molar-refractivity contribution in [1.82, 2.24) is 0 Å². The third-order valence-corrected chi connectivity index (χ3v) is 8.86. The summed E-state index contributed by atoms with van der Waals surface area (Å²) in [6.07, 6.45) is 0. The van der Waals surface area contributed by atoms with Gasteiger partial charge in [-0.1, -0.05) is 97.1 Å². The molecule has 8 aromatic rings. The predicted octanol–water partition coefficient (Wildman–Crippen LogP) is 11.1. The van der Waals surface area contributed by atoms with Gasteiger partial charge in [0.1, 0.15) is 23.0 Å². The Balaban J connectivity index is 0.000000184. The number of ether oxygens (including phenoxy) is 2. The van der Waals surface area contributed by atoms with Gasteiger partial charge in [0, 0.05) is 22.7 Å². The Morgan fingerprint density at radius 2 is 0.327 bits per heavy atom. The number of hydrogen-bond donors (Lipinski definition) is 4. The molecule has 55 heavy (non-hydrogen) atoms. The summed E-state index contributed by atoms with van der Waals surface area (Å²) < 4.78 is 11.9. The van der Waals surface area contributed by atoms with Crippen molar-refractivity contribution in [1.29, 1.82) is 0 Å². The fourth-order valence-corrected chi connectivity index (χ4v) is 5.84. The van der Waals surface area contributed by atoms with Crippen molar-refractivity contribution >= 4 is 22.7 Å². The van der Waals surface area contributed by atoms with Crippen LogP contribution >= 0.6 is 0 Å². The van der Waals surface area contributed by atoms with Gasteiger partial charge in [-0.2, -0.15) is 0 Å². The van der Waals surface area contributed by atoms with E-state index in [0.717, 1.165) is 90.3 Å². The van der Waals surface area contributed by atoms with Crippen LogP contribution in [0.2, 0.25) is 0 Å². The summed E-state index contributed by atoms with van der Waals surface area (Å²) in [7, 11) is 0. The zero-order valence-corrected chi connectivity index (χ0v) is 30.1. The quantitative estimate of drug-likeness (QED) is 0.114. The first-order valence-corrected chi connectivity index (χ1v) is 17.5. The van der Waals surface area contributed by atoms with E-state index in [1.54, 1.807) is 0 Å². The smallest absolute Gasteiger partial charge is 0.127 e. The normalized spacial score (nSPS) is 10.3. The molecule has 0 saturated carbocycles. The van der Waals surface area contributed by atoms with Crippen molar-refractivity contribution in [2.45, 2.75) is 0 Å². The lowest BCUT2D eigenvalue weighted by Gasteiger charge is -2.09. The second kappa shape index (κ2) is 17.4. The zero-order chi connectivity index (χ0) is 37.3. The maximum absolute atomic E-state index is 5.96. The largest absolute Gasteiger partial charge is 0.457 e. The first kappa shape index (κ1) is 37.3. The lowest BCUT2D eigenvalue weighted by molar-refractivity contribution is 0.482. The summed E-state index contributed by atoms with van der Waals surface area (Å²) in [6.45, 7) is 0. The maximum atomic E-state index is 5.96. The Kier molecular flexibility index (Phi) is 11.8. The van der Waals surface area contributed by atoms with Gasteiger partial charge < -0.3 is 37.9 Å². The molecular weight excluding hydrogens is 681 g/mol. The SMILES string of the molecule is Nc1ccc(-c2ccc(Oc3ccc(-c4ccc(N)cc4)cc3)cc2)cc1.Nc1ccc(-c2ccc(Oc3ccc(-c4ccc(N)cc4)cc3)cc2)cc1.O. The van der Waals surface area contributed by atoms with E-state index in [0.29, 0.717) is 0 Å². The fraction of sp³-hybridized carbons (Fsp3) is 0. The van der Waals surface area contributed by atoms with Gasteiger partial charge in [0.15, 0.2) is 0 Å². The third-order valence-electron chi connectivity index (χ3n) is 8.86. The molecule has 0 aliphatic rings. The fourth-order valence-electron chi connectivity index (χ4n) is 5.84. The minimum absolute atomic E-state index is 0. The molecular formula is C48H42N4O3. The highest BCUT2D eigenvalue weighted by atomic mass is 16.5. The second-order valence-corrected chi connectivity index (χ2v) is 12.8. The Hall–Kier alpha value is -7.48. The number of hydrogen-bond acceptors (Lipinski definition) is 6. The molecule has 0 aromatic heterocycles. The van der Waals surface area contributed by atoms with Gasteiger partial charge in [0.2, 0.25) is 0 Å². The minimum Gasteiger partial charge on any atom is -0.457 e. The van der Waals surface area contributed by atoms with Crippen LogP contribution in [0.4, 0.5) is 22.7 Å². The van der Waals surface area contributed by atoms with Gasteiger partial charge in [-0.05, 0) is 142 Å². The minimum atomic E-state index is 0. The monoisotopic (exact) mass is 722 g/mol. The van der Waals surface area contributed by atoms with Crippen molar-refractivity contribution in [3.05, 3.63) is 194 Å². The number of nitrogen functional groups attached to an aromatic ring is 4. The van der Waals surface area contributed by atoms with E-state index in [1.165, 1.54) is 0 Å². The van der Waals surface area contributed by atoms with E-state index in [9.17, 15) is 0 Å². The first-order chi connectivity index (χ1) is 26.3. The number of anilines is 4. The van der Waals surface area contributed by atoms with E-state index in [2.05, 4.69) is 0 Å². The van der Waals surface area contributed by atoms with Gasteiger partial charge in [-0.25, -0.2) is 0 Å². The highest BCUT2D eigenvalue weighted by molar-refractivity contribution is 5.69. The summed E-state index contributed by atoms with van der Waals surface area (Å²) in [4.78, 5) is 0. The number of benzene rings is 8. The first-order valence-electron chi connectivity index (χ1n) is 17.5. The molecule has 8 rings (SSSR count). The summed E-state index contributed by atoms with van der Waals surface area (Å²) in [5, 5.41) is 0. The van der Waals surface area contributed by atoms with Crippen molar-refractivity contribution in [3.63, 3.8) is 0 Å². The molecule has 0 aliphatic heterocycles. The number of rotatable bonds is 8. The molecule has 0 amide bonds. The van der Waals surface area contributed by atoms with Gasteiger partial charge in [-0.3, -0.25) is 0 Å². The molecule has 0 fully saturated rings. The Morgan fingerprint density at radius 3 is 0.473 bits per heavy atom. The van der Waals surface area contributed by atoms with Crippen LogP contribution in [0.1, 0.15) is 0 Å². The standard InChI is InChI=1S/2C24H20N2O.H2O/c2*25-21-9-1-17(2-10-21)19-5-13-23(14-6-19)27-24-15-7-20(8-16-24)18-3-11-22(26)12-4-18;/h2*1-16H,25-26H2;1H2. The molecule has 0 spiro atoms. The van der Waals surface area contributed by atoms with Crippen LogP contribution in [0, 0.1) is 0 Å².